The molecule has 9 aromatic rings. The van der Waals surface area contributed by atoms with Crippen LogP contribution in [0.15, 0.2) is 255 Å². The Balaban J connectivity index is 1.66. The van der Waals surface area contributed by atoms with Gasteiger partial charge in [-0.3, -0.25) is 0 Å². The molecule has 0 unspecified atom stereocenters. The molecule has 3 nitrogen and oxygen atoms in total. The zero-order valence-corrected chi connectivity index (χ0v) is 43.5. The fourth-order valence-corrected chi connectivity index (χ4v) is 78.3. The summed E-state index contributed by atoms with van der Waals surface area (Å²) in [4.78, 5) is 6.71. The van der Waals surface area contributed by atoms with Crippen molar-refractivity contribution >= 4 is 82.7 Å². The van der Waals surface area contributed by atoms with Gasteiger partial charge in [0, 0.05) is 0 Å². The SMILES string of the molecule is CN(C)c1ccc([PH](c2ccccc2)(c2ccccc2)[Fe]([PH](c2ccccc2)(c2ccccc2)c2ccc(N(C)C)cc2)[PH](c2ccccc2)(c2ccccc2)c2ccc(N(C)C)cc2)cc1. The van der Waals surface area contributed by atoms with Gasteiger partial charge in [-0.1, -0.05) is 0 Å². The van der Waals surface area contributed by atoms with Crippen LogP contribution in [0.1, 0.15) is 0 Å². The molecule has 0 amide bonds. The van der Waals surface area contributed by atoms with E-state index in [0.29, 0.717) is 0 Å². The minimum atomic E-state index is -3.38. The molecule has 9 rings (SSSR count). The zero-order valence-electron chi connectivity index (χ0n) is 39.4. The van der Waals surface area contributed by atoms with E-state index in [9.17, 15) is 0 Å². The van der Waals surface area contributed by atoms with E-state index in [-0.39, 0.29) is 0 Å². The van der Waals surface area contributed by atoms with Crippen LogP contribution < -0.4 is 62.4 Å². The Labute approximate surface area is 404 Å². The van der Waals surface area contributed by atoms with E-state index in [1.807, 2.05) is 0 Å². The Morgan fingerprint density at radius 2 is 0.358 bits per heavy atom. The molecule has 7 heteroatoms. The standard InChI is InChI=1S/3C20H20NP.Fe/c3*1-21(2)17-13-15-20(16-14-17)22(18-9-5-3-6-10-18)19-11-7-4-8-12-19;/h3*3-16H,1-2H3;/q;;;-3/p+3. The molecule has 0 fully saturated rings. The summed E-state index contributed by atoms with van der Waals surface area (Å²) in [5.74, 6) is -10.1. The third-order valence-electron chi connectivity index (χ3n) is 13.1. The van der Waals surface area contributed by atoms with Crippen LogP contribution in [0.4, 0.5) is 17.1 Å². The molecule has 0 radical (unpaired) electrons. The maximum atomic E-state index is 2.54. The van der Waals surface area contributed by atoms with Gasteiger partial charge in [0.25, 0.3) is 0 Å². The van der Waals surface area contributed by atoms with Crippen molar-refractivity contribution in [3.05, 3.63) is 255 Å². The van der Waals surface area contributed by atoms with E-state index in [2.05, 4.69) is 312 Å². The molecule has 67 heavy (non-hydrogen) atoms. The third-order valence-corrected chi connectivity index (χ3v) is 60.5. The van der Waals surface area contributed by atoms with Crippen LogP contribution in [0.5, 0.6) is 0 Å². The molecule has 341 valence electrons. The van der Waals surface area contributed by atoms with Crippen LogP contribution in [-0.4, -0.2) is 42.3 Å². The number of hydrogen-bond donors (Lipinski definition) is 0. The average molecular weight is 975 g/mol. The molecule has 0 aliphatic heterocycles. The summed E-state index contributed by atoms with van der Waals surface area (Å²) >= 11 is -1.66. The van der Waals surface area contributed by atoms with Gasteiger partial charge in [0.1, 0.15) is 0 Å². The van der Waals surface area contributed by atoms with E-state index in [4.69, 9.17) is 0 Å². The van der Waals surface area contributed by atoms with Crippen LogP contribution in [0.2, 0.25) is 0 Å². The van der Waals surface area contributed by atoms with Crippen LogP contribution in [0, 0.1) is 0 Å². The average Bonchev–Trinajstić information content (AvgIpc) is 3.39. The van der Waals surface area contributed by atoms with Gasteiger partial charge in [0.15, 0.2) is 0 Å². The van der Waals surface area contributed by atoms with Gasteiger partial charge in [-0.05, 0) is 0 Å². The number of hydrogen-bond acceptors (Lipinski definition) is 3. The molecule has 0 aliphatic carbocycles. The van der Waals surface area contributed by atoms with Gasteiger partial charge in [0.05, 0.1) is 0 Å². The van der Waals surface area contributed by atoms with E-state index in [1.54, 1.807) is 0 Å². The first-order valence-electron chi connectivity index (χ1n) is 23.1. The summed E-state index contributed by atoms with van der Waals surface area (Å²) in [7, 11) is 12.9. The second kappa shape index (κ2) is 20.2. The zero-order chi connectivity index (χ0) is 46.4. The maximum absolute atomic E-state index is 3.38. The molecule has 0 aliphatic rings. The Morgan fingerprint density at radius 3 is 0.507 bits per heavy atom. The third kappa shape index (κ3) is 8.35. The summed E-state index contributed by atoms with van der Waals surface area (Å²) in [5, 5.41) is 13.0. The number of benzene rings is 9. The Bertz CT molecular complexity index is 2510. The van der Waals surface area contributed by atoms with Crippen molar-refractivity contribution in [1.82, 2.24) is 0 Å². The summed E-state index contributed by atoms with van der Waals surface area (Å²) in [6.07, 6.45) is 0. The summed E-state index contributed by atoms with van der Waals surface area (Å²) < 4.78 is 0. The Morgan fingerprint density at radius 1 is 0.209 bits per heavy atom. The Kier molecular flexibility index (Phi) is 14.0. The molecular weight excluding hydrogens is 911 g/mol. The van der Waals surface area contributed by atoms with Crippen LogP contribution in [-0.2, 0) is 12.6 Å². The van der Waals surface area contributed by atoms with Crippen LogP contribution in [0.25, 0.3) is 0 Å². The molecule has 0 heterocycles. The van der Waals surface area contributed by atoms with Crippen molar-refractivity contribution in [2.45, 2.75) is 0 Å². The molecule has 0 N–H and O–H groups in total. The second-order valence-electron chi connectivity index (χ2n) is 17.7. The van der Waals surface area contributed by atoms with Gasteiger partial charge in [-0.2, -0.15) is 0 Å². The molecule has 9 aromatic carbocycles. The fourth-order valence-electron chi connectivity index (χ4n) is 9.95. The molecular formula is C60H63FeN3P3. The van der Waals surface area contributed by atoms with Crippen molar-refractivity contribution in [3.63, 3.8) is 0 Å². The molecule has 0 aromatic heterocycles. The topological polar surface area (TPSA) is 9.72 Å². The van der Waals surface area contributed by atoms with E-state index in [1.165, 1.54) is 64.8 Å². The van der Waals surface area contributed by atoms with Crippen molar-refractivity contribution in [3.8, 4) is 0 Å². The second-order valence-corrected chi connectivity index (χ2v) is 43.8. The van der Waals surface area contributed by atoms with Gasteiger partial charge >= 0.3 is 407 Å². The molecule has 0 saturated carbocycles. The van der Waals surface area contributed by atoms with E-state index < -0.39 is 30.4 Å². The van der Waals surface area contributed by atoms with Gasteiger partial charge in [-0.25, -0.2) is 0 Å². The number of nitrogens with zero attached hydrogens (tertiary/aromatic N) is 3. The summed E-state index contributed by atoms with van der Waals surface area (Å²) in [6.45, 7) is 0. The molecule has 0 spiro atoms. The van der Waals surface area contributed by atoms with Crippen molar-refractivity contribution in [2.75, 3.05) is 57.0 Å². The van der Waals surface area contributed by atoms with Crippen molar-refractivity contribution < 1.29 is 12.6 Å². The normalized spacial score (nSPS) is 12.7. The minimum absolute atomic E-state index is 1.20. The van der Waals surface area contributed by atoms with Gasteiger partial charge in [-0.15, -0.1) is 0 Å². The Hall–Kier alpha value is -5.81. The van der Waals surface area contributed by atoms with Gasteiger partial charge in [0.2, 0.25) is 0 Å². The number of rotatable bonds is 15. The van der Waals surface area contributed by atoms with E-state index >= 15 is 0 Å². The first-order chi connectivity index (χ1) is 32.7. The van der Waals surface area contributed by atoms with Gasteiger partial charge < -0.3 is 0 Å². The fraction of sp³-hybridized carbons (Fsp3) is 0.100. The predicted molar refractivity (Wildman–Crippen MR) is 303 cm³/mol. The number of anilines is 3. The summed E-state index contributed by atoms with van der Waals surface area (Å²) in [5.41, 5.74) is 3.59. The first kappa shape index (κ1) is 46.3. The molecule has 0 saturated heterocycles. The van der Waals surface area contributed by atoms with Crippen LogP contribution >= 0.6 is 17.9 Å². The van der Waals surface area contributed by atoms with Crippen molar-refractivity contribution in [1.29, 1.82) is 0 Å². The summed E-state index contributed by atoms with van der Waals surface area (Å²) in [6, 6.07) is 101. The van der Waals surface area contributed by atoms with E-state index in [0.717, 1.165) is 0 Å². The first-order valence-corrected chi connectivity index (χ1v) is 33.6. The predicted octanol–water partition coefficient (Wildman–Crippen LogP) is 9.73. The van der Waals surface area contributed by atoms with Crippen molar-refractivity contribution in [2.24, 2.45) is 0 Å². The molecule has 0 atom stereocenters. The monoisotopic (exact) mass is 974 g/mol. The van der Waals surface area contributed by atoms with Crippen LogP contribution in [0.3, 0.4) is 0 Å². The quantitative estimate of drug-likeness (QED) is 0.0749. The molecule has 0 bridgehead atoms.